The minimum absolute atomic E-state index is 0.968. The fourth-order valence-corrected chi connectivity index (χ4v) is 5.28. The van der Waals surface area contributed by atoms with Gasteiger partial charge in [-0.1, -0.05) is 0 Å². The first kappa shape index (κ1) is 33.2. The van der Waals surface area contributed by atoms with Gasteiger partial charge in [0, 0.05) is 0 Å². The Bertz CT molecular complexity index is 839. The molecule has 4 rings (SSSR count). The van der Waals surface area contributed by atoms with Crippen molar-refractivity contribution in [2.45, 2.75) is 151 Å². The van der Waals surface area contributed by atoms with Crippen molar-refractivity contribution in [1.29, 1.82) is 0 Å². The summed E-state index contributed by atoms with van der Waals surface area (Å²) in [5.74, 6) is 0. The molecule has 20 atom stereocenters. The smallest absolute Gasteiger partial charge is 0.187 e. The Morgan fingerprint density at radius 1 is 0.341 bits per heavy atom. The number of rotatable bonds is 6. The van der Waals surface area contributed by atoms with Crippen LogP contribution in [-0.4, -0.2) is 174 Å². The van der Waals surface area contributed by atoms with Crippen molar-refractivity contribution in [3.05, 3.63) is 0 Å². The molecule has 240 valence electrons. The van der Waals surface area contributed by atoms with Gasteiger partial charge in [-0.15, -0.1) is 0 Å². The van der Waals surface area contributed by atoms with Crippen LogP contribution in [0.15, 0.2) is 0 Å². The van der Waals surface area contributed by atoms with Crippen LogP contribution in [0.25, 0.3) is 0 Å². The van der Waals surface area contributed by atoms with Crippen LogP contribution >= 0.6 is 0 Å². The third kappa shape index (κ3) is 6.57. The lowest BCUT2D eigenvalue weighted by atomic mass is 9.96. The number of hydrogen-bond donors (Lipinski definition) is 10. The molecule has 17 nitrogen and oxygen atoms in total. The van der Waals surface area contributed by atoms with Crippen molar-refractivity contribution in [3.8, 4) is 0 Å². The summed E-state index contributed by atoms with van der Waals surface area (Å²) in [7, 11) is 0. The van der Waals surface area contributed by atoms with E-state index in [2.05, 4.69) is 0 Å². The highest BCUT2D eigenvalue weighted by molar-refractivity contribution is 4.96. The molecule has 0 bridgehead atoms. The van der Waals surface area contributed by atoms with Gasteiger partial charge >= 0.3 is 0 Å². The van der Waals surface area contributed by atoms with E-state index in [0.717, 1.165) is 0 Å². The number of hydrogen-bond acceptors (Lipinski definition) is 17. The molecule has 4 aliphatic heterocycles. The molecule has 0 unspecified atom stereocenters. The van der Waals surface area contributed by atoms with E-state index in [4.69, 9.17) is 33.2 Å². The standard InChI is InChI=1S/C24H42O17/c1-5-9(25)13(29)16(32)22(36-5)40-19-14(30)10(26)7(3)38-24(19)41-20-15(31)11(27)6(2)37-23(20)39-18-12(28)8(4)35-21(34)17(18)33/h5-34H,1-4H3/t5-,6-,7-,8-,9-,10-,11-,12-,13+,14+,15+,16+,17+,18+,19+,20+,21+,22-,23-,24-/m1/s1. The van der Waals surface area contributed by atoms with Crippen LogP contribution in [0.5, 0.6) is 0 Å². The third-order valence-electron chi connectivity index (χ3n) is 8.05. The van der Waals surface area contributed by atoms with E-state index in [1.165, 1.54) is 27.7 Å². The SMILES string of the molecule is C[C@H]1O[C@H](O[C@@H]2[C@@H](O[C@@H]3[C@@H](O[C@H]4[C@H](O)[C@@H](C)O[C@H](O)[C@H]4O)O[C@H](C)[C@@H](O)[C@@H]3O)O[C@H](C)[C@@H](O)[C@@H]2O)[C@@H](O)[C@@H](O)[C@@H]1O. The molecule has 10 N–H and O–H groups in total. The van der Waals surface area contributed by atoms with E-state index in [1.807, 2.05) is 0 Å². The molecule has 4 aliphatic rings. The molecular weight excluding hydrogens is 560 g/mol. The fourth-order valence-electron chi connectivity index (χ4n) is 5.28. The molecule has 0 aromatic heterocycles. The molecule has 0 aliphatic carbocycles. The molecule has 4 heterocycles. The topological polar surface area (TPSA) is 267 Å². The van der Waals surface area contributed by atoms with E-state index in [-0.39, 0.29) is 0 Å². The van der Waals surface area contributed by atoms with Crippen LogP contribution in [0.1, 0.15) is 27.7 Å². The highest BCUT2D eigenvalue weighted by atomic mass is 16.8. The summed E-state index contributed by atoms with van der Waals surface area (Å²) in [5, 5.41) is 104. The van der Waals surface area contributed by atoms with Gasteiger partial charge < -0.3 is 84.2 Å². The third-order valence-corrected chi connectivity index (χ3v) is 8.05. The Morgan fingerprint density at radius 2 is 0.707 bits per heavy atom. The van der Waals surface area contributed by atoms with Crippen molar-refractivity contribution >= 4 is 0 Å². The van der Waals surface area contributed by atoms with Gasteiger partial charge in [0.15, 0.2) is 25.2 Å². The number of ether oxygens (including phenoxy) is 7. The highest BCUT2D eigenvalue weighted by Gasteiger charge is 2.54. The molecule has 0 aromatic carbocycles. The van der Waals surface area contributed by atoms with E-state index in [0.29, 0.717) is 0 Å². The van der Waals surface area contributed by atoms with E-state index < -0.39 is 123 Å². The maximum atomic E-state index is 10.9. The Morgan fingerprint density at radius 3 is 1.20 bits per heavy atom. The summed E-state index contributed by atoms with van der Waals surface area (Å²) in [5.41, 5.74) is 0. The average Bonchev–Trinajstić information content (AvgIpc) is 2.92. The van der Waals surface area contributed by atoms with Gasteiger partial charge in [-0.25, -0.2) is 0 Å². The minimum atomic E-state index is -1.78. The molecule has 0 aromatic rings. The molecule has 17 heteroatoms. The van der Waals surface area contributed by atoms with Crippen molar-refractivity contribution in [1.82, 2.24) is 0 Å². The van der Waals surface area contributed by atoms with Gasteiger partial charge in [0.25, 0.3) is 0 Å². The Labute approximate surface area is 235 Å². The second-order valence-electron chi connectivity index (χ2n) is 11.1. The van der Waals surface area contributed by atoms with Gasteiger partial charge in [0.05, 0.1) is 24.4 Å². The second-order valence-corrected chi connectivity index (χ2v) is 11.1. The quantitative estimate of drug-likeness (QED) is 0.136. The van der Waals surface area contributed by atoms with Crippen LogP contribution in [0.2, 0.25) is 0 Å². The zero-order valence-corrected chi connectivity index (χ0v) is 22.9. The average molecular weight is 603 g/mol. The normalized spacial score (nSPS) is 56.9. The summed E-state index contributed by atoms with van der Waals surface area (Å²) >= 11 is 0. The highest BCUT2D eigenvalue weighted by Crippen LogP contribution is 2.34. The summed E-state index contributed by atoms with van der Waals surface area (Å²) < 4.78 is 39.2. The monoisotopic (exact) mass is 602 g/mol. The predicted octanol–water partition coefficient (Wildman–Crippen LogP) is -5.64. The van der Waals surface area contributed by atoms with Crippen molar-refractivity contribution in [2.24, 2.45) is 0 Å². The fraction of sp³-hybridized carbons (Fsp3) is 1.00. The van der Waals surface area contributed by atoms with E-state index >= 15 is 0 Å². The first-order valence-corrected chi connectivity index (χ1v) is 13.5. The molecule has 0 spiro atoms. The summed E-state index contributed by atoms with van der Waals surface area (Å²) in [6.45, 7) is 5.66. The summed E-state index contributed by atoms with van der Waals surface area (Å²) in [6, 6.07) is 0. The zero-order valence-electron chi connectivity index (χ0n) is 22.9. The van der Waals surface area contributed by atoms with Gasteiger partial charge in [-0.05, 0) is 27.7 Å². The van der Waals surface area contributed by atoms with Crippen molar-refractivity contribution in [3.63, 3.8) is 0 Å². The van der Waals surface area contributed by atoms with E-state index in [9.17, 15) is 51.1 Å². The molecule has 0 saturated carbocycles. The van der Waals surface area contributed by atoms with Gasteiger partial charge in [-0.3, -0.25) is 0 Å². The Kier molecular flexibility index (Phi) is 10.6. The molecule has 4 saturated heterocycles. The lowest BCUT2D eigenvalue weighted by Crippen LogP contribution is -2.66. The van der Waals surface area contributed by atoms with Crippen molar-refractivity contribution in [2.75, 3.05) is 0 Å². The van der Waals surface area contributed by atoms with Gasteiger partial charge in [0.1, 0.15) is 73.2 Å². The largest absolute Gasteiger partial charge is 0.388 e. The molecule has 41 heavy (non-hydrogen) atoms. The maximum Gasteiger partial charge on any atom is 0.187 e. The van der Waals surface area contributed by atoms with Crippen LogP contribution < -0.4 is 0 Å². The first-order valence-electron chi connectivity index (χ1n) is 13.5. The maximum absolute atomic E-state index is 10.9. The van der Waals surface area contributed by atoms with Crippen LogP contribution in [0.3, 0.4) is 0 Å². The van der Waals surface area contributed by atoms with Gasteiger partial charge in [0.2, 0.25) is 0 Å². The number of aliphatic hydroxyl groups excluding tert-OH is 10. The molecule has 0 amide bonds. The Hall–Kier alpha value is -0.680. The van der Waals surface area contributed by atoms with Gasteiger partial charge in [-0.2, -0.15) is 0 Å². The zero-order chi connectivity index (χ0) is 30.5. The summed E-state index contributed by atoms with van der Waals surface area (Å²) in [6.07, 6.45) is -30.0. The van der Waals surface area contributed by atoms with Crippen LogP contribution in [0.4, 0.5) is 0 Å². The molecule has 4 fully saturated rings. The molecular formula is C24H42O17. The number of aliphatic hydroxyl groups is 10. The second kappa shape index (κ2) is 13.1. The first-order chi connectivity index (χ1) is 19.1. The van der Waals surface area contributed by atoms with Crippen LogP contribution in [0, 0.1) is 0 Å². The Balaban J connectivity index is 1.58. The minimum Gasteiger partial charge on any atom is -0.388 e. The van der Waals surface area contributed by atoms with E-state index in [1.54, 1.807) is 0 Å². The van der Waals surface area contributed by atoms with Crippen LogP contribution in [-0.2, 0) is 33.2 Å². The lowest BCUT2D eigenvalue weighted by molar-refractivity contribution is -0.398. The summed E-state index contributed by atoms with van der Waals surface area (Å²) in [4.78, 5) is 0. The molecule has 0 radical (unpaired) electrons. The van der Waals surface area contributed by atoms with Crippen molar-refractivity contribution < 1.29 is 84.2 Å². The lowest BCUT2D eigenvalue weighted by Gasteiger charge is -2.49. The predicted molar refractivity (Wildman–Crippen MR) is 128 cm³/mol.